The van der Waals surface area contributed by atoms with Gasteiger partial charge in [0.1, 0.15) is 0 Å². The highest BCUT2D eigenvalue weighted by molar-refractivity contribution is 5.83. The van der Waals surface area contributed by atoms with Crippen LogP contribution in [0.2, 0.25) is 0 Å². The zero-order valence-electron chi connectivity index (χ0n) is 6.90. The Hall–Kier alpha value is -0.570. The van der Waals surface area contributed by atoms with Crippen LogP contribution in [0.4, 0.5) is 0 Å². The SMILES string of the molecule is [NH]CCCCCC1=NCCN1. The van der Waals surface area contributed by atoms with Gasteiger partial charge in [-0.05, 0) is 12.8 Å². The molecule has 0 aromatic carbocycles. The molecule has 0 aliphatic carbocycles. The Morgan fingerprint density at radius 1 is 1.36 bits per heavy atom. The molecular formula is C8H16N3. The van der Waals surface area contributed by atoms with Crippen LogP contribution in [-0.4, -0.2) is 25.5 Å². The fourth-order valence-corrected chi connectivity index (χ4v) is 1.21. The van der Waals surface area contributed by atoms with Crippen molar-refractivity contribution in [1.29, 1.82) is 0 Å². The van der Waals surface area contributed by atoms with Crippen molar-refractivity contribution in [2.24, 2.45) is 4.99 Å². The highest BCUT2D eigenvalue weighted by Gasteiger charge is 2.02. The first kappa shape index (κ1) is 8.53. The third kappa shape index (κ3) is 3.37. The molecule has 1 heterocycles. The highest BCUT2D eigenvalue weighted by atomic mass is 15.1. The second kappa shape index (κ2) is 5.13. The molecule has 1 radical (unpaired) electrons. The van der Waals surface area contributed by atoms with Gasteiger partial charge in [0.2, 0.25) is 0 Å². The van der Waals surface area contributed by atoms with Crippen molar-refractivity contribution >= 4 is 5.84 Å². The van der Waals surface area contributed by atoms with E-state index in [0.29, 0.717) is 6.54 Å². The first-order valence-electron chi connectivity index (χ1n) is 4.35. The van der Waals surface area contributed by atoms with Crippen molar-refractivity contribution in [3.63, 3.8) is 0 Å². The van der Waals surface area contributed by atoms with Gasteiger partial charge in [0.15, 0.2) is 0 Å². The lowest BCUT2D eigenvalue weighted by Gasteiger charge is -2.00. The zero-order chi connectivity index (χ0) is 7.94. The van der Waals surface area contributed by atoms with E-state index in [0.717, 1.165) is 25.9 Å². The monoisotopic (exact) mass is 154 g/mol. The van der Waals surface area contributed by atoms with Gasteiger partial charge in [-0.15, -0.1) is 0 Å². The summed E-state index contributed by atoms with van der Waals surface area (Å²) in [7, 11) is 0. The van der Waals surface area contributed by atoms with Crippen LogP contribution in [-0.2, 0) is 0 Å². The van der Waals surface area contributed by atoms with E-state index in [1.807, 2.05) is 0 Å². The van der Waals surface area contributed by atoms with Gasteiger partial charge < -0.3 is 5.32 Å². The van der Waals surface area contributed by atoms with Crippen LogP contribution >= 0.6 is 0 Å². The normalized spacial score (nSPS) is 16.3. The molecule has 0 bridgehead atoms. The van der Waals surface area contributed by atoms with Crippen LogP contribution in [0.15, 0.2) is 4.99 Å². The summed E-state index contributed by atoms with van der Waals surface area (Å²) in [6.07, 6.45) is 4.47. The molecule has 0 amide bonds. The second-order valence-electron chi connectivity index (χ2n) is 2.82. The summed E-state index contributed by atoms with van der Waals surface area (Å²) < 4.78 is 0. The Labute approximate surface area is 68.1 Å². The molecule has 2 N–H and O–H groups in total. The van der Waals surface area contributed by atoms with E-state index in [-0.39, 0.29) is 0 Å². The molecule has 1 aliphatic heterocycles. The average Bonchev–Trinajstić information content (AvgIpc) is 2.50. The maximum Gasteiger partial charge on any atom is 0.0964 e. The molecule has 0 aromatic heterocycles. The fourth-order valence-electron chi connectivity index (χ4n) is 1.21. The van der Waals surface area contributed by atoms with Crippen LogP contribution in [0.1, 0.15) is 25.7 Å². The van der Waals surface area contributed by atoms with Gasteiger partial charge >= 0.3 is 0 Å². The number of amidine groups is 1. The van der Waals surface area contributed by atoms with Crippen LogP contribution in [0.25, 0.3) is 0 Å². The van der Waals surface area contributed by atoms with E-state index in [1.54, 1.807) is 0 Å². The van der Waals surface area contributed by atoms with Crippen molar-refractivity contribution < 1.29 is 0 Å². The fraction of sp³-hybridized carbons (Fsp3) is 0.875. The molecule has 0 saturated heterocycles. The highest BCUT2D eigenvalue weighted by Crippen LogP contribution is 2.01. The van der Waals surface area contributed by atoms with E-state index in [1.165, 1.54) is 18.7 Å². The molecule has 11 heavy (non-hydrogen) atoms. The predicted octanol–water partition coefficient (Wildman–Crippen LogP) is 0.831. The molecule has 0 aromatic rings. The first-order chi connectivity index (χ1) is 5.43. The molecule has 3 heteroatoms. The summed E-state index contributed by atoms with van der Waals surface area (Å²) in [5.41, 5.74) is 6.94. The predicted molar refractivity (Wildman–Crippen MR) is 46.7 cm³/mol. The number of aliphatic imine (C=N–C) groups is 1. The molecule has 1 rings (SSSR count). The number of unbranched alkanes of at least 4 members (excludes halogenated alkanes) is 2. The van der Waals surface area contributed by atoms with Gasteiger partial charge in [-0.2, -0.15) is 0 Å². The van der Waals surface area contributed by atoms with Crippen LogP contribution in [0.3, 0.4) is 0 Å². The zero-order valence-corrected chi connectivity index (χ0v) is 6.90. The van der Waals surface area contributed by atoms with Gasteiger partial charge in [0.25, 0.3) is 0 Å². The summed E-state index contributed by atoms with van der Waals surface area (Å²) in [4.78, 5) is 4.29. The largest absolute Gasteiger partial charge is 0.372 e. The number of nitrogens with zero attached hydrogens (tertiary/aromatic N) is 1. The van der Waals surface area contributed by atoms with Crippen LogP contribution in [0, 0.1) is 0 Å². The van der Waals surface area contributed by atoms with E-state index >= 15 is 0 Å². The minimum atomic E-state index is 0.569. The minimum absolute atomic E-state index is 0.569. The molecule has 3 nitrogen and oxygen atoms in total. The number of hydrogen-bond acceptors (Lipinski definition) is 2. The van der Waals surface area contributed by atoms with Crippen LogP contribution < -0.4 is 11.1 Å². The molecule has 0 saturated carbocycles. The third-order valence-electron chi connectivity index (χ3n) is 1.83. The molecule has 0 spiro atoms. The third-order valence-corrected chi connectivity index (χ3v) is 1.83. The second-order valence-corrected chi connectivity index (χ2v) is 2.82. The maximum atomic E-state index is 6.94. The van der Waals surface area contributed by atoms with E-state index in [9.17, 15) is 0 Å². The summed E-state index contributed by atoms with van der Waals surface area (Å²) in [6, 6.07) is 0. The van der Waals surface area contributed by atoms with Gasteiger partial charge in [-0.25, -0.2) is 0 Å². The van der Waals surface area contributed by atoms with E-state index in [4.69, 9.17) is 5.73 Å². The summed E-state index contributed by atoms with van der Waals surface area (Å²) in [5.74, 6) is 1.18. The Morgan fingerprint density at radius 2 is 2.27 bits per heavy atom. The molecule has 0 atom stereocenters. The van der Waals surface area contributed by atoms with Gasteiger partial charge in [0.05, 0.1) is 12.4 Å². The van der Waals surface area contributed by atoms with Crippen molar-refractivity contribution in [2.45, 2.75) is 25.7 Å². The summed E-state index contributed by atoms with van der Waals surface area (Å²) in [5, 5.41) is 3.24. The Bertz CT molecular complexity index is 131. The molecule has 63 valence electrons. The van der Waals surface area contributed by atoms with Gasteiger partial charge in [-0.1, -0.05) is 6.42 Å². The topological polar surface area (TPSA) is 48.2 Å². The van der Waals surface area contributed by atoms with Crippen molar-refractivity contribution in [2.75, 3.05) is 19.6 Å². The standard InChI is InChI=1S/C8H16N3/c9-5-3-1-2-4-8-10-6-7-11-8/h9H,1-7H2,(H,10,11). The minimum Gasteiger partial charge on any atom is -0.372 e. The lowest BCUT2D eigenvalue weighted by Crippen LogP contribution is -2.17. The Balaban J connectivity index is 1.94. The van der Waals surface area contributed by atoms with Gasteiger partial charge in [-0.3, -0.25) is 10.7 Å². The summed E-state index contributed by atoms with van der Waals surface area (Å²) >= 11 is 0. The van der Waals surface area contributed by atoms with E-state index < -0.39 is 0 Å². The average molecular weight is 154 g/mol. The van der Waals surface area contributed by atoms with Gasteiger partial charge in [0, 0.05) is 19.5 Å². The Morgan fingerprint density at radius 3 is 2.91 bits per heavy atom. The quantitative estimate of drug-likeness (QED) is 0.586. The molecule has 0 fully saturated rings. The first-order valence-corrected chi connectivity index (χ1v) is 4.35. The molecule has 1 aliphatic rings. The van der Waals surface area contributed by atoms with E-state index in [2.05, 4.69) is 10.3 Å². The maximum absolute atomic E-state index is 6.94. The van der Waals surface area contributed by atoms with Crippen LogP contribution in [0.5, 0.6) is 0 Å². The number of hydrogen-bond donors (Lipinski definition) is 1. The molecular weight excluding hydrogens is 138 g/mol. The molecule has 0 unspecified atom stereocenters. The lowest BCUT2D eigenvalue weighted by molar-refractivity contribution is 0.694. The number of nitrogens with one attached hydrogen (secondary N) is 2. The van der Waals surface area contributed by atoms with Crippen molar-refractivity contribution in [1.82, 2.24) is 11.1 Å². The summed E-state index contributed by atoms with van der Waals surface area (Å²) in [6.45, 7) is 2.54. The lowest BCUT2D eigenvalue weighted by atomic mass is 10.2. The van der Waals surface area contributed by atoms with Crippen molar-refractivity contribution in [3.05, 3.63) is 0 Å². The Kier molecular flexibility index (Phi) is 3.98. The van der Waals surface area contributed by atoms with Crippen molar-refractivity contribution in [3.8, 4) is 0 Å². The number of rotatable bonds is 5. The smallest absolute Gasteiger partial charge is 0.0964 e.